The van der Waals surface area contributed by atoms with Crippen molar-refractivity contribution in [3.63, 3.8) is 0 Å². The summed E-state index contributed by atoms with van der Waals surface area (Å²) in [4.78, 5) is 23.0. The van der Waals surface area contributed by atoms with Crippen molar-refractivity contribution in [3.05, 3.63) is 29.8 Å². The van der Waals surface area contributed by atoms with Gasteiger partial charge in [0.25, 0.3) is 0 Å². The van der Waals surface area contributed by atoms with Crippen LogP contribution >= 0.6 is 0 Å². The molecule has 0 radical (unpaired) electrons. The second-order valence-electron chi connectivity index (χ2n) is 8.97. The molecule has 0 amide bonds. The molecular weight excluding hydrogens is 514 g/mol. The highest BCUT2D eigenvalue weighted by Gasteiger charge is 2.39. The van der Waals surface area contributed by atoms with Crippen LogP contribution in [0.25, 0.3) is 0 Å². The average molecular weight is 544 g/mol. The van der Waals surface area contributed by atoms with Crippen LogP contribution in [0.2, 0.25) is 0 Å². The number of fused-ring (bicyclic) bond motifs is 1. The number of rotatable bonds is 6. The van der Waals surface area contributed by atoms with Crippen LogP contribution in [0.3, 0.4) is 0 Å². The topological polar surface area (TPSA) is 99.5 Å². The Kier molecular flexibility index (Phi) is 11.0. The Bertz CT molecular complexity index is 852. The van der Waals surface area contributed by atoms with E-state index in [9.17, 15) is 26.3 Å². The number of carboxylic acids is 2. The van der Waals surface area contributed by atoms with Crippen molar-refractivity contribution in [2.75, 3.05) is 39.9 Å². The second-order valence-corrected chi connectivity index (χ2v) is 8.97. The Morgan fingerprint density at radius 3 is 1.95 bits per heavy atom. The number of carboxylic acid groups (broad SMARTS) is 2. The van der Waals surface area contributed by atoms with Gasteiger partial charge in [0.15, 0.2) is 0 Å². The normalized spacial score (nSPS) is 22.1. The van der Waals surface area contributed by atoms with E-state index >= 15 is 0 Å². The number of alkyl halides is 6. The Balaban J connectivity index is 0.000000286. The predicted molar refractivity (Wildman–Crippen MR) is 118 cm³/mol. The van der Waals surface area contributed by atoms with E-state index in [1.54, 1.807) is 7.11 Å². The standard InChI is InChI=1S/C19H28N2O2.2C2HF3O2/c1-22-18-6-4-15(5-7-18)11-20-8-9-21-13-19(10-17(21)12-20)23-14-16-2-3-16;2*3-2(4,5)1(6)7/h4-7,16-17,19H,2-3,8-14H2,1H3;2*(H,6,7). The Morgan fingerprint density at radius 1 is 0.946 bits per heavy atom. The number of ether oxygens (including phenoxy) is 2. The molecule has 1 aromatic rings. The highest BCUT2D eigenvalue weighted by molar-refractivity contribution is 5.73. The number of nitrogens with zero attached hydrogens (tertiary/aromatic N) is 2. The zero-order chi connectivity index (χ0) is 27.8. The van der Waals surface area contributed by atoms with Crippen molar-refractivity contribution >= 4 is 11.9 Å². The minimum absolute atomic E-state index is 0.474. The summed E-state index contributed by atoms with van der Waals surface area (Å²) < 4.78 is 74.8. The molecule has 2 heterocycles. The summed E-state index contributed by atoms with van der Waals surface area (Å²) in [6.07, 6.45) is -5.71. The zero-order valence-electron chi connectivity index (χ0n) is 20.1. The Hall–Kier alpha value is -2.58. The van der Waals surface area contributed by atoms with E-state index in [4.69, 9.17) is 29.3 Å². The van der Waals surface area contributed by atoms with Crippen LogP contribution in [-0.4, -0.2) is 96.3 Å². The lowest BCUT2D eigenvalue weighted by atomic mass is 10.1. The molecule has 3 fully saturated rings. The molecule has 8 nitrogen and oxygen atoms in total. The summed E-state index contributed by atoms with van der Waals surface area (Å²) in [6, 6.07) is 9.17. The van der Waals surface area contributed by atoms with Crippen molar-refractivity contribution in [1.29, 1.82) is 0 Å². The van der Waals surface area contributed by atoms with Gasteiger partial charge in [-0.2, -0.15) is 26.3 Å². The van der Waals surface area contributed by atoms with Crippen molar-refractivity contribution in [1.82, 2.24) is 9.80 Å². The van der Waals surface area contributed by atoms with Gasteiger partial charge < -0.3 is 19.7 Å². The van der Waals surface area contributed by atoms with Gasteiger partial charge in [-0.05, 0) is 42.9 Å². The molecule has 0 bridgehead atoms. The monoisotopic (exact) mass is 544 g/mol. The van der Waals surface area contributed by atoms with E-state index in [-0.39, 0.29) is 0 Å². The fraction of sp³-hybridized carbons (Fsp3) is 0.652. The van der Waals surface area contributed by atoms with Gasteiger partial charge in [-0.1, -0.05) is 12.1 Å². The molecule has 4 rings (SSSR count). The molecule has 2 unspecified atom stereocenters. The number of hydrogen-bond acceptors (Lipinski definition) is 6. The average Bonchev–Trinajstić information content (AvgIpc) is 3.55. The summed E-state index contributed by atoms with van der Waals surface area (Å²) in [5.74, 6) is -3.70. The summed E-state index contributed by atoms with van der Waals surface area (Å²) in [5.41, 5.74) is 1.37. The molecular formula is C23H30F6N2O6. The maximum absolute atomic E-state index is 10.6. The van der Waals surface area contributed by atoms with Crippen LogP contribution in [0.1, 0.15) is 24.8 Å². The van der Waals surface area contributed by atoms with E-state index < -0.39 is 24.3 Å². The largest absolute Gasteiger partial charge is 0.497 e. The number of halogens is 6. The van der Waals surface area contributed by atoms with Crippen LogP contribution in [0.15, 0.2) is 24.3 Å². The first-order chi connectivity index (χ1) is 17.2. The van der Waals surface area contributed by atoms with Crippen molar-refractivity contribution in [3.8, 4) is 5.75 Å². The molecule has 210 valence electrons. The first kappa shape index (κ1) is 30.6. The van der Waals surface area contributed by atoms with Crippen LogP contribution in [0.4, 0.5) is 26.3 Å². The third-order valence-electron chi connectivity index (χ3n) is 5.98. The minimum Gasteiger partial charge on any atom is -0.497 e. The van der Waals surface area contributed by atoms with Gasteiger partial charge in [0.2, 0.25) is 0 Å². The molecule has 1 aromatic carbocycles. The molecule has 0 aromatic heterocycles. The number of methoxy groups -OCH3 is 1. The number of carbonyl (C=O) groups is 2. The third-order valence-corrected chi connectivity index (χ3v) is 5.98. The van der Waals surface area contributed by atoms with Crippen LogP contribution in [0, 0.1) is 5.92 Å². The first-order valence-corrected chi connectivity index (χ1v) is 11.5. The van der Waals surface area contributed by atoms with Crippen LogP contribution < -0.4 is 4.74 Å². The molecule has 2 atom stereocenters. The van der Waals surface area contributed by atoms with Gasteiger partial charge in [-0.15, -0.1) is 0 Å². The molecule has 2 N–H and O–H groups in total. The fourth-order valence-electron chi connectivity index (χ4n) is 3.87. The summed E-state index contributed by atoms with van der Waals surface area (Å²) in [7, 11) is 1.72. The molecule has 0 spiro atoms. The van der Waals surface area contributed by atoms with Crippen LogP contribution in [0.5, 0.6) is 5.75 Å². The maximum atomic E-state index is 10.6. The number of benzene rings is 1. The maximum Gasteiger partial charge on any atom is 0.490 e. The van der Waals surface area contributed by atoms with E-state index in [2.05, 4.69) is 34.1 Å². The highest BCUT2D eigenvalue weighted by atomic mass is 19.4. The smallest absolute Gasteiger partial charge is 0.490 e. The molecule has 1 aliphatic carbocycles. The SMILES string of the molecule is COc1ccc(CN2CCN3CC(OCC4CC4)CC3C2)cc1.O=C(O)C(F)(F)F.O=C(O)C(F)(F)F. The zero-order valence-corrected chi connectivity index (χ0v) is 20.1. The molecule has 2 saturated heterocycles. The van der Waals surface area contributed by atoms with Gasteiger partial charge in [-0.3, -0.25) is 9.80 Å². The highest BCUT2D eigenvalue weighted by Crippen LogP contribution is 2.31. The quantitative estimate of drug-likeness (QED) is 0.524. The molecule has 2 aliphatic heterocycles. The molecule has 37 heavy (non-hydrogen) atoms. The summed E-state index contributed by atoms with van der Waals surface area (Å²) in [5, 5.41) is 14.2. The summed E-state index contributed by atoms with van der Waals surface area (Å²) in [6.45, 7) is 6.72. The fourth-order valence-corrected chi connectivity index (χ4v) is 3.87. The van der Waals surface area contributed by atoms with Gasteiger partial charge in [0.05, 0.1) is 13.2 Å². The van der Waals surface area contributed by atoms with Gasteiger partial charge in [0.1, 0.15) is 5.75 Å². The molecule has 1 saturated carbocycles. The van der Waals surface area contributed by atoms with Gasteiger partial charge in [0, 0.05) is 45.4 Å². The lowest BCUT2D eigenvalue weighted by molar-refractivity contribution is -0.193. The van der Waals surface area contributed by atoms with Gasteiger partial charge in [-0.25, -0.2) is 9.59 Å². The Labute approximate surface area is 209 Å². The number of hydrogen-bond donors (Lipinski definition) is 2. The molecule has 3 aliphatic rings. The summed E-state index contributed by atoms with van der Waals surface area (Å²) >= 11 is 0. The predicted octanol–water partition coefficient (Wildman–Crippen LogP) is 3.65. The minimum atomic E-state index is -5.08. The Morgan fingerprint density at radius 2 is 1.49 bits per heavy atom. The number of piperazine rings is 1. The lowest BCUT2D eigenvalue weighted by Gasteiger charge is -2.37. The van der Waals surface area contributed by atoms with Crippen molar-refractivity contribution in [2.45, 2.75) is 50.3 Å². The first-order valence-electron chi connectivity index (χ1n) is 11.5. The van der Waals surface area contributed by atoms with E-state index in [0.717, 1.165) is 37.9 Å². The number of aliphatic carboxylic acids is 2. The van der Waals surface area contributed by atoms with E-state index in [1.165, 1.54) is 37.9 Å². The van der Waals surface area contributed by atoms with E-state index in [0.29, 0.717) is 12.1 Å². The van der Waals surface area contributed by atoms with Crippen molar-refractivity contribution < 1.29 is 55.6 Å². The van der Waals surface area contributed by atoms with E-state index in [1.807, 2.05) is 0 Å². The molecule has 14 heteroatoms. The van der Waals surface area contributed by atoms with Crippen LogP contribution in [-0.2, 0) is 20.9 Å². The lowest BCUT2D eigenvalue weighted by Crippen LogP contribution is -2.49. The van der Waals surface area contributed by atoms with Gasteiger partial charge >= 0.3 is 24.3 Å². The third kappa shape index (κ3) is 11.1. The second kappa shape index (κ2) is 13.3. The van der Waals surface area contributed by atoms with Crippen molar-refractivity contribution in [2.24, 2.45) is 5.92 Å².